The number of carbonyl (C=O) groups is 1. The number of thioether (sulfide) groups is 1. The Bertz CT molecular complexity index is 762. The molecule has 4 nitrogen and oxygen atoms in total. The van der Waals surface area contributed by atoms with Crippen molar-refractivity contribution in [2.75, 3.05) is 44.4 Å². The Morgan fingerprint density at radius 3 is 2.62 bits per heavy atom. The van der Waals surface area contributed by atoms with Crippen LogP contribution in [0.4, 0.5) is 0 Å². The minimum Gasteiger partial charge on any atom is -0.381 e. The van der Waals surface area contributed by atoms with Crippen molar-refractivity contribution >= 4 is 28.4 Å². The maximum atomic E-state index is 13.0. The molecular formula is C21H26N2O2S. The Balaban J connectivity index is 1.52. The fraction of sp³-hybridized carbons (Fsp3) is 0.476. The van der Waals surface area contributed by atoms with Crippen molar-refractivity contribution in [1.29, 1.82) is 0 Å². The first kappa shape index (κ1) is 17.8. The third-order valence-electron chi connectivity index (χ3n) is 5.72. The van der Waals surface area contributed by atoms with Crippen molar-refractivity contribution in [1.82, 2.24) is 10.2 Å². The number of hydrogen-bond acceptors (Lipinski definition) is 4. The zero-order valence-electron chi connectivity index (χ0n) is 15.1. The summed E-state index contributed by atoms with van der Waals surface area (Å²) in [6.07, 6.45) is 1.99. The number of hydrogen-bond donors (Lipinski definition) is 1. The molecule has 0 aliphatic carbocycles. The molecule has 2 heterocycles. The lowest BCUT2D eigenvalue weighted by molar-refractivity contribution is -0.0237. The summed E-state index contributed by atoms with van der Waals surface area (Å²) < 4.78 is 5.62. The second-order valence-corrected chi connectivity index (χ2v) is 8.37. The highest BCUT2D eigenvalue weighted by atomic mass is 32.2. The van der Waals surface area contributed by atoms with Crippen LogP contribution in [0.15, 0.2) is 42.5 Å². The summed E-state index contributed by atoms with van der Waals surface area (Å²) in [7, 11) is 0. The van der Waals surface area contributed by atoms with Gasteiger partial charge in [-0.2, -0.15) is 11.8 Å². The highest BCUT2D eigenvalue weighted by Crippen LogP contribution is 2.30. The summed E-state index contributed by atoms with van der Waals surface area (Å²) >= 11 is 2.02. The molecular weight excluding hydrogens is 344 g/mol. The quantitative estimate of drug-likeness (QED) is 0.898. The average molecular weight is 371 g/mol. The Hall–Kier alpha value is -1.56. The summed E-state index contributed by atoms with van der Waals surface area (Å²) in [5, 5.41) is 5.38. The Labute approximate surface area is 159 Å². The first-order valence-electron chi connectivity index (χ1n) is 9.45. The molecule has 26 heavy (non-hydrogen) atoms. The highest BCUT2D eigenvalue weighted by molar-refractivity contribution is 7.99. The maximum Gasteiger partial charge on any atom is 0.251 e. The predicted octanol–water partition coefficient (Wildman–Crippen LogP) is 3.17. The number of rotatable bonds is 4. The van der Waals surface area contributed by atoms with Gasteiger partial charge < -0.3 is 10.1 Å². The average Bonchev–Trinajstić information content (AvgIpc) is 2.73. The van der Waals surface area contributed by atoms with Gasteiger partial charge in [-0.1, -0.05) is 36.4 Å². The Kier molecular flexibility index (Phi) is 5.48. The third-order valence-corrected chi connectivity index (χ3v) is 6.66. The minimum absolute atomic E-state index is 0.0269. The van der Waals surface area contributed by atoms with E-state index < -0.39 is 0 Å². The fourth-order valence-electron chi connectivity index (χ4n) is 4.16. The van der Waals surface area contributed by atoms with E-state index >= 15 is 0 Å². The summed E-state index contributed by atoms with van der Waals surface area (Å²) in [5.74, 6) is 2.39. The van der Waals surface area contributed by atoms with Crippen molar-refractivity contribution in [3.8, 4) is 0 Å². The minimum atomic E-state index is 0.0269. The molecule has 2 fully saturated rings. The Morgan fingerprint density at radius 1 is 1.08 bits per heavy atom. The van der Waals surface area contributed by atoms with Crippen LogP contribution in [0.3, 0.4) is 0 Å². The number of nitrogens with zero attached hydrogens (tertiary/aromatic N) is 1. The topological polar surface area (TPSA) is 41.6 Å². The highest BCUT2D eigenvalue weighted by Gasteiger charge is 2.39. The molecule has 0 bridgehead atoms. The largest absolute Gasteiger partial charge is 0.381 e. The molecule has 5 heteroatoms. The van der Waals surface area contributed by atoms with E-state index in [0.717, 1.165) is 55.5 Å². The van der Waals surface area contributed by atoms with Gasteiger partial charge in [0.15, 0.2) is 0 Å². The molecule has 0 aromatic heterocycles. The lowest BCUT2D eigenvalue weighted by Gasteiger charge is -2.48. The maximum absolute atomic E-state index is 13.0. The molecule has 0 unspecified atom stereocenters. The molecule has 4 rings (SSSR count). The molecule has 138 valence electrons. The van der Waals surface area contributed by atoms with Crippen LogP contribution in [0.25, 0.3) is 10.8 Å². The van der Waals surface area contributed by atoms with E-state index in [2.05, 4.69) is 22.3 Å². The van der Waals surface area contributed by atoms with Crippen molar-refractivity contribution in [2.45, 2.75) is 18.4 Å². The van der Waals surface area contributed by atoms with E-state index in [1.54, 1.807) is 0 Å². The number of nitrogens with one attached hydrogen (secondary N) is 1. The number of benzene rings is 2. The number of amides is 1. The van der Waals surface area contributed by atoms with Gasteiger partial charge in [-0.25, -0.2) is 0 Å². The van der Waals surface area contributed by atoms with Gasteiger partial charge in [0.05, 0.1) is 0 Å². The number of fused-ring (bicyclic) bond motifs is 1. The van der Waals surface area contributed by atoms with Crippen LogP contribution in [0.1, 0.15) is 23.2 Å². The van der Waals surface area contributed by atoms with Gasteiger partial charge >= 0.3 is 0 Å². The van der Waals surface area contributed by atoms with Crippen molar-refractivity contribution in [3.63, 3.8) is 0 Å². The van der Waals surface area contributed by atoms with Crippen molar-refractivity contribution in [2.24, 2.45) is 0 Å². The zero-order valence-corrected chi connectivity index (χ0v) is 15.9. The van der Waals surface area contributed by atoms with E-state index in [-0.39, 0.29) is 11.4 Å². The van der Waals surface area contributed by atoms with Crippen LogP contribution in [-0.2, 0) is 4.74 Å². The standard InChI is InChI=1S/C21H26N2O2S/c24-20(19-7-3-5-17-4-1-2-6-18(17)19)22-16-21(8-12-25-13-9-21)23-10-14-26-15-11-23/h1-7H,8-16H2,(H,22,24). The Morgan fingerprint density at radius 2 is 1.81 bits per heavy atom. The SMILES string of the molecule is O=C(NCC1(N2CCSCC2)CCOCC1)c1cccc2ccccc12. The van der Waals surface area contributed by atoms with Crippen LogP contribution >= 0.6 is 11.8 Å². The number of ether oxygens (including phenoxy) is 1. The molecule has 2 aliphatic heterocycles. The first-order valence-corrected chi connectivity index (χ1v) is 10.6. The molecule has 0 atom stereocenters. The smallest absolute Gasteiger partial charge is 0.251 e. The summed E-state index contributed by atoms with van der Waals surface area (Å²) in [6, 6.07) is 14.0. The van der Waals surface area contributed by atoms with Gasteiger partial charge in [-0.15, -0.1) is 0 Å². The van der Waals surface area contributed by atoms with Gasteiger partial charge in [0, 0.05) is 55.5 Å². The summed E-state index contributed by atoms with van der Waals surface area (Å²) in [5.41, 5.74) is 0.805. The zero-order chi connectivity index (χ0) is 17.8. The monoisotopic (exact) mass is 370 g/mol. The van der Waals surface area contributed by atoms with Crippen LogP contribution in [0.5, 0.6) is 0 Å². The summed E-state index contributed by atoms with van der Waals surface area (Å²) in [4.78, 5) is 15.6. The second-order valence-electron chi connectivity index (χ2n) is 7.15. The van der Waals surface area contributed by atoms with E-state index in [0.29, 0.717) is 6.54 Å². The van der Waals surface area contributed by atoms with Gasteiger partial charge in [0.1, 0.15) is 0 Å². The van der Waals surface area contributed by atoms with E-state index in [1.807, 2.05) is 42.1 Å². The molecule has 0 spiro atoms. The van der Waals surface area contributed by atoms with E-state index in [4.69, 9.17) is 4.74 Å². The molecule has 2 aliphatic rings. The fourth-order valence-corrected chi connectivity index (χ4v) is 5.06. The van der Waals surface area contributed by atoms with Crippen LogP contribution in [-0.4, -0.2) is 60.7 Å². The van der Waals surface area contributed by atoms with E-state index in [1.165, 1.54) is 11.5 Å². The molecule has 2 saturated heterocycles. The normalized spacial score (nSPS) is 20.8. The lowest BCUT2D eigenvalue weighted by atomic mass is 9.87. The molecule has 0 radical (unpaired) electrons. The lowest BCUT2D eigenvalue weighted by Crippen LogP contribution is -2.60. The summed E-state index contributed by atoms with van der Waals surface area (Å²) in [6.45, 7) is 4.48. The van der Waals surface area contributed by atoms with Gasteiger partial charge in [0.25, 0.3) is 5.91 Å². The van der Waals surface area contributed by atoms with Crippen LogP contribution in [0.2, 0.25) is 0 Å². The molecule has 0 saturated carbocycles. The van der Waals surface area contributed by atoms with Crippen molar-refractivity contribution in [3.05, 3.63) is 48.0 Å². The van der Waals surface area contributed by atoms with Gasteiger partial charge in [-0.05, 0) is 29.7 Å². The second kappa shape index (κ2) is 7.99. The van der Waals surface area contributed by atoms with Crippen LogP contribution < -0.4 is 5.32 Å². The van der Waals surface area contributed by atoms with Gasteiger partial charge in [-0.3, -0.25) is 9.69 Å². The first-order chi connectivity index (χ1) is 12.8. The number of carbonyl (C=O) groups excluding carboxylic acids is 1. The van der Waals surface area contributed by atoms with Crippen molar-refractivity contribution < 1.29 is 9.53 Å². The predicted molar refractivity (Wildman–Crippen MR) is 108 cm³/mol. The molecule has 2 aromatic carbocycles. The molecule has 1 amide bonds. The van der Waals surface area contributed by atoms with E-state index in [9.17, 15) is 4.79 Å². The van der Waals surface area contributed by atoms with Gasteiger partial charge in [0.2, 0.25) is 0 Å². The molecule has 2 aromatic rings. The van der Waals surface area contributed by atoms with Crippen LogP contribution in [0, 0.1) is 0 Å². The molecule has 1 N–H and O–H groups in total. The third kappa shape index (κ3) is 3.61.